The lowest BCUT2D eigenvalue weighted by Gasteiger charge is -2.36. The van der Waals surface area contributed by atoms with Crippen LogP contribution in [0.15, 0.2) is 24.5 Å². The molecule has 0 aliphatic carbocycles. The molecule has 2 aliphatic rings. The zero-order chi connectivity index (χ0) is 22.3. The second-order valence-electron chi connectivity index (χ2n) is 7.69. The normalized spacial score (nSPS) is 15.2. The number of aromatic nitrogens is 2. The van der Waals surface area contributed by atoms with Gasteiger partial charge >= 0.3 is 0 Å². The highest BCUT2D eigenvalue weighted by Gasteiger charge is 2.23. The van der Waals surface area contributed by atoms with Gasteiger partial charge in [-0.25, -0.2) is 9.97 Å². The molecule has 3 heterocycles. The van der Waals surface area contributed by atoms with Crippen LogP contribution in [0.25, 0.3) is 0 Å². The summed E-state index contributed by atoms with van der Waals surface area (Å²) < 4.78 is 10.9. The zero-order valence-electron chi connectivity index (χ0n) is 17.9. The van der Waals surface area contributed by atoms with E-state index in [2.05, 4.69) is 38.0 Å². The van der Waals surface area contributed by atoms with Gasteiger partial charge in [0.05, 0.1) is 25.0 Å². The van der Waals surface area contributed by atoms with Crippen molar-refractivity contribution in [3.8, 4) is 23.6 Å². The fourth-order valence-corrected chi connectivity index (χ4v) is 3.99. The first kappa shape index (κ1) is 21.5. The number of hydrogen-bond donors (Lipinski definition) is 1. The molecule has 10 nitrogen and oxygen atoms in total. The van der Waals surface area contributed by atoms with E-state index in [1.165, 1.54) is 11.9 Å². The molecule has 0 atom stereocenters. The van der Waals surface area contributed by atoms with Crippen LogP contribution in [0, 0.1) is 22.7 Å². The summed E-state index contributed by atoms with van der Waals surface area (Å²) in [6.07, 6.45) is 2.18. The van der Waals surface area contributed by atoms with Crippen LogP contribution in [-0.2, 0) is 6.54 Å². The molecule has 10 heteroatoms. The lowest BCUT2D eigenvalue weighted by atomic mass is 10.1. The molecule has 1 saturated heterocycles. The Balaban J connectivity index is 1.40. The van der Waals surface area contributed by atoms with Crippen molar-refractivity contribution in [3.63, 3.8) is 0 Å². The molecule has 0 unspecified atom stereocenters. The van der Waals surface area contributed by atoms with Gasteiger partial charge in [0.2, 0.25) is 6.79 Å². The molecule has 1 aromatic heterocycles. The number of anilines is 3. The maximum absolute atomic E-state index is 8.96. The highest BCUT2D eigenvalue weighted by molar-refractivity contribution is 5.75. The number of piperazine rings is 1. The third-order valence-corrected chi connectivity index (χ3v) is 5.64. The molecule has 32 heavy (non-hydrogen) atoms. The number of nitrogen functional groups attached to an aromatic ring is 1. The lowest BCUT2D eigenvalue weighted by molar-refractivity contribution is 0.174. The Kier molecular flexibility index (Phi) is 6.73. The Morgan fingerprint density at radius 2 is 1.72 bits per heavy atom. The fourth-order valence-electron chi connectivity index (χ4n) is 3.99. The number of benzene rings is 1. The van der Waals surface area contributed by atoms with Gasteiger partial charge in [0.1, 0.15) is 12.0 Å². The molecule has 2 aliphatic heterocycles. The molecule has 2 aromatic rings. The number of nitriles is 2. The van der Waals surface area contributed by atoms with Gasteiger partial charge in [-0.05, 0) is 17.7 Å². The van der Waals surface area contributed by atoms with E-state index in [1.54, 1.807) is 0 Å². The van der Waals surface area contributed by atoms with Crippen molar-refractivity contribution in [3.05, 3.63) is 30.1 Å². The summed E-state index contributed by atoms with van der Waals surface area (Å²) in [6, 6.07) is 10.4. The molecule has 2 N–H and O–H groups in total. The van der Waals surface area contributed by atoms with E-state index in [4.69, 9.17) is 25.7 Å². The Bertz CT molecular complexity index is 1010. The quantitative estimate of drug-likeness (QED) is 0.656. The molecule has 166 valence electrons. The van der Waals surface area contributed by atoms with Crippen LogP contribution in [0.1, 0.15) is 18.4 Å². The van der Waals surface area contributed by atoms with Crippen LogP contribution in [0.5, 0.6) is 11.5 Å². The summed E-state index contributed by atoms with van der Waals surface area (Å²) in [5, 5.41) is 17.9. The molecule has 0 spiro atoms. The van der Waals surface area contributed by atoms with Crippen LogP contribution >= 0.6 is 0 Å². The SMILES string of the molecule is N#CCCN(CCC#N)c1ncnc(N2CCN(Cc3ccc4c(c3)OCO4)CC2)c1N. The van der Waals surface area contributed by atoms with Crippen LogP contribution in [0.3, 0.4) is 0 Å². The number of hydrogen-bond acceptors (Lipinski definition) is 10. The van der Waals surface area contributed by atoms with Crippen molar-refractivity contribution in [1.29, 1.82) is 10.5 Å². The van der Waals surface area contributed by atoms with E-state index in [9.17, 15) is 0 Å². The van der Waals surface area contributed by atoms with E-state index in [-0.39, 0.29) is 6.79 Å². The molecular formula is C22H26N8O2. The van der Waals surface area contributed by atoms with Gasteiger partial charge in [-0.1, -0.05) is 6.07 Å². The Morgan fingerprint density at radius 3 is 2.44 bits per heavy atom. The summed E-state index contributed by atoms with van der Waals surface area (Å²) >= 11 is 0. The molecular weight excluding hydrogens is 408 g/mol. The number of rotatable bonds is 8. The van der Waals surface area contributed by atoms with Gasteiger partial charge in [-0.15, -0.1) is 0 Å². The number of nitrogens with two attached hydrogens (primary N) is 1. The predicted molar refractivity (Wildman–Crippen MR) is 119 cm³/mol. The van der Waals surface area contributed by atoms with Gasteiger partial charge in [0.25, 0.3) is 0 Å². The standard InChI is InChI=1S/C22H26N8O2/c23-5-1-7-29(8-2-6-24)21-20(25)22(27-15-26-21)30-11-9-28(10-12-30)14-17-3-4-18-19(13-17)32-16-31-18/h3-4,13,15H,1-2,7-12,14,16,25H2. The van der Waals surface area contributed by atoms with E-state index >= 15 is 0 Å². The lowest BCUT2D eigenvalue weighted by Crippen LogP contribution is -2.46. The van der Waals surface area contributed by atoms with Crippen LogP contribution in [0.4, 0.5) is 17.3 Å². The Hall–Kier alpha value is -3.76. The topological polar surface area (TPSA) is 128 Å². The second-order valence-corrected chi connectivity index (χ2v) is 7.69. The zero-order valence-corrected chi connectivity index (χ0v) is 17.9. The molecule has 1 aromatic carbocycles. The van der Waals surface area contributed by atoms with E-state index in [0.29, 0.717) is 43.3 Å². The van der Waals surface area contributed by atoms with Crippen LogP contribution in [0.2, 0.25) is 0 Å². The molecule has 0 radical (unpaired) electrons. The van der Waals surface area contributed by atoms with Crippen molar-refractivity contribution in [2.75, 3.05) is 61.6 Å². The number of ether oxygens (including phenoxy) is 2. The van der Waals surface area contributed by atoms with Crippen LogP contribution < -0.4 is 25.0 Å². The monoisotopic (exact) mass is 434 g/mol. The first-order valence-corrected chi connectivity index (χ1v) is 10.6. The average Bonchev–Trinajstić information content (AvgIpc) is 3.28. The average molecular weight is 435 g/mol. The summed E-state index contributed by atoms with van der Waals surface area (Å²) in [5.74, 6) is 2.90. The van der Waals surface area contributed by atoms with Gasteiger partial charge in [-0.3, -0.25) is 4.90 Å². The molecule has 1 fully saturated rings. The predicted octanol–water partition coefficient (Wildman–Crippen LogP) is 1.74. The molecule has 0 bridgehead atoms. The van der Waals surface area contributed by atoms with Crippen molar-refractivity contribution >= 4 is 17.3 Å². The number of fused-ring (bicyclic) bond motifs is 1. The van der Waals surface area contributed by atoms with E-state index < -0.39 is 0 Å². The fraction of sp³-hybridized carbons (Fsp3) is 0.455. The largest absolute Gasteiger partial charge is 0.454 e. The van der Waals surface area contributed by atoms with E-state index in [0.717, 1.165) is 44.2 Å². The first-order chi connectivity index (χ1) is 15.7. The highest BCUT2D eigenvalue weighted by Crippen LogP contribution is 2.33. The maximum atomic E-state index is 8.96. The molecule has 4 rings (SSSR count). The van der Waals surface area contributed by atoms with Crippen LogP contribution in [-0.4, -0.2) is 60.9 Å². The minimum absolute atomic E-state index is 0.282. The first-order valence-electron chi connectivity index (χ1n) is 10.6. The Labute approximate surface area is 187 Å². The molecule has 0 amide bonds. The summed E-state index contributed by atoms with van der Waals surface area (Å²) in [5.41, 5.74) is 8.14. The molecule has 0 saturated carbocycles. The summed E-state index contributed by atoms with van der Waals surface area (Å²) in [7, 11) is 0. The van der Waals surface area contributed by atoms with Gasteiger partial charge in [-0.2, -0.15) is 10.5 Å². The van der Waals surface area contributed by atoms with Crippen molar-refractivity contribution < 1.29 is 9.47 Å². The highest BCUT2D eigenvalue weighted by atomic mass is 16.7. The van der Waals surface area contributed by atoms with Crippen molar-refractivity contribution in [2.45, 2.75) is 19.4 Å². The van der Waals surface area contributed by atoms with Gasteiger partial charge in [0, 0.05) is 45.8 Å². The maximum Gasteiger partial charge on any atom is 0.231 e. The second kappa shape index (κ2) is 10.0. The van der Waals surface area contributed by atoms with Crippen molar-refractivity contribution in [1.82, 2.24) is 14.9 Å². The van der Waals surface area contributed by atoms with Crippen molar-refractivity contribution in [2.24, 2.45) is 0 Å². The van der Waals surface area contributed by atoms with Gasteiger partial charge in [0.15, 0.2) is 23.1 Å². The van der Waals surface area contributed by atoms with Gasteiger partial charge < -0.3 is 25.0 Å². The third kappa shape index (κ3) is 4.76. The smallest absolute Gasteiger partial charge is 0.231 e. The van der Waals surface area contributed by atoms with E-state index in [1.807, 2.05) is 17.0 Å². The number of nitrogens with zero attached hydrogens (tertiary/aromatic N) is 7. The summed E-state index contributed by atoms with van der Waals surface area (Å²) in [4.78, 5) is 15.2. The third-order valence-electron chi connectivity index (χ3n) is 5.64. The summed E-state index contributed by atoms with van der Waals surface area (Å²) in [6.45, 7) is 5.41. The minimum Gasteiger partial charge on any atom is -0.454 e. The minimum atomic E-state index is 0.282. The Morgan fingerprint density at radius 1 is 1.00 bits per heavy atom.